The van der Waals surface area contributed by atoms with Gasteiger partial charge in [0.2, 0.25) is 5.91 Å². The number of nitrogens with zero attached hydrogens (tertiary/aromatic N) is 1. The van der Waals surface area contributed by atoms with Crippen LogP contribution in [0.4, 0.5) is 10.1 Å². The van der Waals surface area contributed by atoms with E-state index in [1.165, 1.54) is 12.1 Å². The summed E-state index contributed by atoms with van der Waals surface area (Å²) in [5.74, 6) is 1.24. The highest BCUT2D eigenvalue weighted by Gasteiger charge is 2.21. The summed E-state index contributed by atoms with van der Waals surface area (Å²) in [5.41, 5.74) is 1.69. The number of benzene rings is 3. The number of nitrogens with one attached hydrogen (secondary N) is 1. The molecule has 0 saturated carbocycles. The molecule has 7 heteroatoms. The van der Waals surface area contributed by atoms with Crippen molar-refractivity contribution in [3.05, 3.63) is 84.2 Å². The highest BCUT2D eigenvalue weighted by atomic mass is 19.1. The highest BCUT2D eigenvalue weighted by molar-refractivity contribution is 5.95. The monoisotopic (exact) mass is 434 g/mol. The van der Waals surface area contributed by atoms with E-state index in [0.29, 0.717) is 36.8 Å². The Morgan fingerprint density at radius 3 is 2.38 bits per heavy atom. The molecule has 3 aromatic carbocycles. The number of amides is 2. The summed E-state index contributed by atoms with van der Waals surface area (Å²) in [4.78, 5) is 25.8. The Balaban J connectivity index is 1.23. The van der Waals surface area contributed by atoms with E-state index in [9.17, 15) is 14.0 Å². The fourth-order valence-corrected chi connectivity index (χ4v) is 3.38. The van der Waals surface area contributed by atoms with Gasteiger partial charge in [0.15, 0.2) is 6.61 Å². The molecule has 0 aliphatic carbocycles. The van der Waals surface area contributed by atoms with Gasteiger partial charge in [0, 0.05) is 31.3 Å². The molecule has 4 rings (SSSR count). The molecule has 1 aliphatic heterocycles. The topological polar surface area (TPSA) is 67.9 Å². The molecule has 164 valence electrons. The first-order chi connectivity index (χ1) is 15.6. The predicted molar refractivity (Wildman–Crippen MR) is 118 cm³/mol. The Morgan fingerprint density at radius 1 is 0.969 bits per heavy atom. The van der Waals surface area contributed by atoms with Gasteiger partial charge in [-0.3, -0.25) is 9.59 Å². The van der Waals surface area contributed by atoms with Crippen LogP contribution in [-0.2, 0) is 16.1 Å². The second-order valence-corrected chi connectivity index (χ2v) is 7.41. The lowest BCUT2D eigenvalue weighted by atomic mass is 10.2. The van der Waals surface area contributed by atoms with E-state index in [4.69, 9.17) is 9.47 Å². The molecular weight excluding hydrogens is 411 g/mol. The van der Waals surface area contributed by atoms with E-state index in [1.54, 1.807) is 41.3 Å². The Hall–Kier alpha value is -3.87. The van der Waals surface area contributed by atoms with Crippen LogP contribution in [0.25, 0.3) is 0 Å². The van der Waals surface area contributed by atoms with Gasteiger partial charge in [0.05, 0.1) is 0 Å². The van der Waals surface area contributed by atoms with Crippen molar-refractivity contribution in [3.8, 4) is 17.2 Å². The summed E-state index contributed by atoms with van der Waals surface area (Å²) in [7, 11) is 0. The molecule has 6 nitrogen and oxygen atoms in total. The van der Waals surface area contributed by atoms with E-state index in [-0.39, 0.29) is 24.2 Å². The van der Waals surface area contributed by atoms with Crippen LogP contribution >= 0.6 is 0 Å². The van der Waals surface area contributed by atoms with Crippen molar-refractivity contribution in [1.29, 1.82) is 0 Å². The number of hydrogen-bond acceptors (Lipinski definition) is 4. The van der Waals surface area contributed by atoms with Crippen molar-refractivity contribution in [2.24, 2.45) is 0 Å². The third-order valence-electron chi connectivity index (χ3n) is 5.04. The number of carbonyl (C=O) groups excluding carboxylic acids is 2. The van der Waals surface area contributed by atoms with Crippen LogP contribution in [0.1, 0.15) is 18.4 Å². The maximum atomic E-state index is 13.0. The molecule has 32 heavy (non-hydrogen) atoms. The van der Waals surface area contributed by atoms with Gasteiger partial charge >= 0.3 is 0 Å². The van der Waals surface area contributed by atoms with E-state index in [1.807, 2.05) is 24.3 Å². The smallest absolute Gasteiger partial charge is 0.258 e. The standard InChI is InChI=1S/C25H23FN2O4/c26-19-8-12-22(13-9-19)32-21-10-6-18(7-11-21)16-27-24(29)17-31-23-4-1-3-20(15-23)28-14-2-5-25(28)30/h1,3-4,6-13,15H,2,5,14,16-17H2,(H,27,29). The van der Waals surface area contributed by atoms with Crippen molar-refractivity contribution >= 4 is 17.5 Å². The van der Waals surface area contributed by atoms with Crippen LogP contribution in [0.3, 0.4) is 0 Å². The van der Waals surface area contributed by atoms with Crippen LogP contribution in [-0.4, -0.2) is 25.0 Å². The van der Waals surface area contributed by atoms with Crippen molar-refractivity contribution < 1.29 is 23.5 Å². The van der Waals surface area contributed by atoms with Crippen molar-refractivity contribution in [1.82, 2.24) is 5.32 Å². The first-order valence-electron chi connectivity index (χ1n) is 10.4. The number of carbonyl (C=O) groups is 2. The number of rotatable bonds is 8. The van der Waals surface area contributed by atoms with Gasteiger partial charge in [-0.05, 0) is 60.5 Å². The molecule has 1 fully saturated rings. The van der Waals surface area contributed by atoms with Gasteiger partial charge < -0.3 is 19.7 Å². The Labute approximate surface area is 185 Å². The molecule has 1 saturated heterocycles. The average Bonchev–Trinajstić information content (AvgIpc) is 3.25. The van der Waals surface area contributed by atoms with E-state index < -0.39 is 0 Å². The molecule has 2 amide bonds. The van der Waals surface area contributed by atoms with Gasteiger partial charge in [-0.2, -0.15) is 0 Å². The van der Waals surface area contributed by atoms with Crippen LogP contribution < -0.4 is 19.7 Å². The fraction of sp³-hybridized carbons (Fsp3) is 0.200. The maximum Gasteiger partial charge on any atom is 0.258 e. The lowest BCUT2D eigenvalue weighted by Crippen LogP contribution is -2.28. The second-order valence-electron chi connectivity index (χ2n) is 7.41. The van der Waals surface area contributed by atoms with E-state index >= 15 is 0 Å². The van der Waals surface area contributed by atoms with Crippen LogP contribution in [0.15, 0.2) is 72.8 Å². The Kier molecular flexibility index (Phi) is 6.65. The summed E-state index contributed by atoms with van der Waals surface area (Å²) in [6, 6.07) is 20.3. The van der Waals surface area contributed by atoms with E-state index in [2.05, 4.69) is 5.32 Å². The first-order valence-corrected chi connectivity index (χ1v) is 10.4. The Bertz CT molecular complexity index is 1080. The second kappa shape index (κ2) is 9.96. The summed E-state index contributed by atoms with van der Waals surface area (Å²) in [6.45, 7) is 0.932. The number of halogens is 1. The molecule has 0 radical (unpaired) electrons. The molecular formula is C25H23FN2O4. The third kappa shape index (κ3) is 5.63. The SMILES string of the molecule is O=C(COc1cccc(N2CCCC2=O)c1)NCc1ccc(Oc2ccc(F)cc2)cc1. The zero-order valence-electron chi connectivity index (χ0n) is 17.4. The molecule has 0 bridgehead atoms. The summed E-state index contributed by atoms with van der Waals surface area (Å²) < 4.78 is 24.2. The molecule has 1 N–H and O–H groups in total. The number of anilines is 1. The lowest BCUT2D eigenvalue weighted by Gasteiger charge is -2.16. The molecule has 1 heterocycles. The van der Waals surface area contributed by atoms with Crippen molar-refractivity contribution in [3.63, 3.8) is 0 Å². The minimum Gasteiger partial charge on any atom is -0.484 e. The van der Waals surface area contributed by atoms with E-state index in [0.717, 1.165) is 17.7 Å². The normalized spacial score (nSPS) is 13.2. The van der Waals surface area contributed by atoms with Gasteiger partial charge in [0.25, 0.3) is 5.91 Å². The Morgan fingerprint density at radius 2 is 1.69 bits per heavy atom. The van der Waals surface area contributed by atoms with Crippen molar-refractivity contribution in [2.45, 2.75) is 19.4 Å². The summed E-state index contributed by atoms with van der Waals surface area (Å²) in [5, 5.41) is 2.81. The summed E-state index contributed by atoms with van der Waals surface area (Å²) >= 11 is 0. The molecule has 3 aromatic rings. The third-order valence-corrected chi connectivity index (χ3v) is 5.04. The van der Waals surface area contributed by atoms with Gasteiger partial charge in [-0.1, -0.05) is 18.2 Å². The maximum absolute atomic E-state index is 13.0. The largest absolute Gasteiger partial charge is 0.484 e. The molecule has 0 aromatic heterocycles. The van der Waals surface area contributed by atoms with Gasteiger partial charge in [-0.25, -0.2) is 4.39 Å². The molecule has 0 spiro atoms. The van der Waals surface area contributed by atoms with Gasteiger partial charge in [0.1, 0.15) is 23.1 Å². The molecule has 0 unspecified atom stereocenters. The molecule has 1 aliphatic rings. The van der Waals surface area contributed by atoms with Crippen LogP contribution in [0.2, 0.25) is 0 Å². The fourth-order valence-electron chi connectivity index (χ4n) is 3.38. The van der Waals surface area contributed by atoms with Gasteiger partial charge in [-0.15, -0.1) is 0 Å². The zero-order chi connectivity index (χ0) is 22.3. The quantitative estimate of drug-likeness (QED) is 0.569. The summed E-state index contributed by atoms with van der Waals surface area (Å²) in [6.07, 6.45) is 1.42. The zero-order valence-corrected chi connectivity index (χ0v) is 17.4. The predicted octanol–water partition coefficient (Wildman–Crippen LogP) is 4.44. The first kappa shape index (κ1) is 21.4. The minimum absolute atomic E-state index is 0.106. The number of ether oxygens (including phenoxy) is 2. The molecule has 0 atom stereocenters. The average molecular weight is 434 g/mol. The van der Waals surface area contributed by atoms with Crippen LogP contribution in [0, 0.1) is 5.82 Å². The minimum atomic E-state index is -0.318. The van der Waals surface area contributed by atoms with Crippen molar-refractivity contribution in [2.75, 3.05) is 18.1 Å². The van der Waals surface area contributed by atoms with Crippen LogP contribution in [0.5, 0.6) is 17.2 Å². The highest BCUT2D eigenvalue weighted by Crippen LogP contribution is 2.25. The lowest BCUT2D eigenvalue weighted by molar-refractivity contribution is -0.123. The number of hydrogen-bond donors (Lipinski definition) is 1.